The summed E-state index contributed by atoms with van der Waals surface area (Å²) >= 11 is 0. The van der Waals surface area contributed by atoms with Gasteiger partial charge in [-0.25, -0.2) is 8.78 Å². The highest BCUT2D eigenvalue weighted by molar-refractivity contribution is 5.59. The van der Waals surface area contributed by atoms with Gasteiger partial charge in [0.05, 0.1) is 0 Å². The van der Waals surface area contributed by atoms with Crippen molar-refractivity contribution >= 4 is 12.5 Å². The van der Waals surface area contributed by atoms with Crippen molar-refractivity contribution < 1.29 is 18.3 Å². The largest absolute Gasteiger partial charge is 0.489 e. The molecule has 2 aromatic rings. The smallest absolute Gasteiger partial charge is 0.270 e. The number of ether oxygens (including phenoxy) is 1. The normalized spacial score (nSPS) is 10.9. The molecule has 0 fully saturated rings. The van der Waals surface area contributed by atoms with Gasteiger partial charge in [0.1, 0.15) is 19.1 Å². The number of aryl methyl sites for hydroxylation is 2. The molecule has 0 spiro atoms. The molecule has 5 heteroatoms. The Morgan fingerprint density at radius 2 is 1.47 bits per heavy atom. The van der Waals surface area contributed by atoms with Crippen LogP contribution in [0.5, 0.6) is 5.75 Å². The highest BCUT2D eigenvalue weighted by Crippen LogP contribution is 2.31. The Labute approximate surface area is 180 Å². The molecule has 0 radical (unpaired) electrons. The predicted molar refractivity (Wildman–Crippen MR) is 123 cm³/mol. The molecule has 0 atom stereocenters. The Kier molecular flexibility index (Phi) is 11.3. The summed E-state index contributed by atoms with van der Waals surface area (Å²) in [5.74, 6) is -2.19. The molecule has 3 nitrogen and oxygen atoms in total. The van der Waals surface area contributed by atoms with Crippen molar-refractivity contribution in [3.63, 3.8) is 0 Å². The number of rotatable bonds is 5. The number of hydrogen-bond acceptors (Lipinski definition) is 3. The summed E-state index contributed by atoms with van der Waals surface area (Å²) in [7, 11) is 1.87. The quantitative estimate of drug-likeness (QED) is 0.551. The van der Waals surface area contributed by atoms with Gasteiger partial charge in [0.15, 0.2) is 0 Å². The minimum absolute atomic E-state index is 0.00953. The third-order valence-corrected chi connectivity index (χ3v) is 4.70. The van der Waals surface area contributed by atoms with Crippen LogP contribution in [0.3, 0.4) is 0 Å². The molecule has 0 aliphatic rings. The molecule has 0 amide bonds. The standard InChI is InChI=1S/C18H21F2NO.C6H14.CH2O/c1-12-9-15(10-13(2)17(12)21-4)22-11-14-7-5-6-8-16(14)18(3,19)20;1-5-6(2,3)4;1-2/h5-10,21H,11H2,1-4H3;5H2,1-4H3;1H2. The highest BCUT2D eigenvalue weighted by Gasteiger charge is 2.27. The number of benzene rings is 2. The van der Waals surface area contributed by atoms with E-state index in [1.54, 1.807) is 18.2 Å². The molecule has 168 valence electrons. The maximum Gasteiger partial charge on any atom is 0.270 e. The van der Waals surface area contributed by atoms with E-state index in [1.165, 1.54) is 12.5 Å². The van der Waals surface area contributed by atoms with E-state index >= 15 is 0 Å². The number of carbonyl (C=O) groups is 1. The summed E-state index contributed by atoms with van der Waals surface area (Å²) in [6.07, 6.45) is 1.27. The van der Waals surface area contributed by atoms with Gasteiger partial charge in [-0.15, -0.1) is 0 Å². The van der Waals surface area contributed by atoms with E-state index in [0.29, 0.717) is 16.7 Å². The van der Waals surface area contributed by atoms with Crippen LogP contribution in [0, 0.1) is 19.3 Å². The second-order valence-electron chi connectivity index (χ2n) is 8.43. The van der Waals surface area contributed by atoms with Crippen molar-refractivity contribution in [2.45, 2.75) is 67.4 Å². The fraction of sp³-hybridized carbons (Fsp3) is 0.480. The van der Waals surface area contributed by atoms with Crippen molar-refractivity contribution in [3.05, 3.63) is 58.7 Å². The molecule has 0 saturated heterocycles. The molecular weight excluding hydrogens is 384 g/mol. The zero-order valence-electron chi connectivity index (χ0n) is 19.7. The second-order valence-corrected chi connectivity index (χ2v) is 8.43. The van der Waals surface area contributed by atoms with E-state index in [1.807, 2.05) is 39.8 Å². The first kappa shape index (κ1) is 27.6. The third-order valence-electron chi connectivity index (χ3n) is 4.70. The minimum Gasteiger partial charge on any atom is -0.489 e. The predicted octanol–water partition coefficient (Wildman–Crippen LogP) is 7.29. The summed E-state index contributed by atoms with van der Waals surface area (Å²) in [6, 6.07) is 10.3. The van der Waals surface area contributed by atoms with Crippen molar-refractivity contribution in [1.29, 1.82) is 0 Å². The molecule has 0 saturated carbocycles. The van der Waals surface area contributed by atoms with Crippen LogP contribution in [0.15, 0.2) is 36.4 Å². The van der Waals surface area contributed by atoms with E-state index in [9.17, 15) is 8.78 Å². The Bertz CT molecular complexity index is 754. The van der Waals surface area contributed by atoms with Crippen LogP contribution in [0.2, 0.25) is 0 Å². The maximum absolute atomic E-state index is 13.6. The molecule has 30 heavy (non-hydrogen) atoms. The van der Waals surface area contributed by atoms with Gasteiger partial charge >= 0.3 is 0 Å². The van der Waals surface area contributed by atoms with Crippen molar-refractivity contribution in [2.75, 3.05) is 12.4 Å². The lowest BCUT2D eigenvalue weighted by molar-refractivity contribution is -0.0980. The van der Waals surface area contributed by atoms with Gasteiger partial charge in [0.2, 0.25) is 0 Å². The number of alkyl halides is 2. The number of nitrogens with one attached hydrogen (secondary N) is 1. The maximum atomic E-state index is 13.6. The molecule has 0 aliphatic heterocycles. The zero-order valence-corrected chi connectivity index (χ0v) is 19.7. The van der Waals surface area contributed by atoms with Gasteiger partial charge in [-0.2, -0.15) is 0 Å². The SMILES string of the molecule is C=O.CCC(C)(C)C.CNc1c(C)cc(OCc2ccccc2C(C)(F)F)cc1C. The third kappa shape index (κ3) is 9.38. The first-order valence-electron chi connectivity index (χ1n) is 10.1. The van der Waals surface area contributed by atoms with Crippen LogP contribution in [0.1, 0.15) is 63.3 Å². The number of halogens is 2. The van der Waals surface area contributed by atoms with E-state index in [0.717, 1.165) is 23.7 Å². The van der Waals surface area contributed by atoms with Crippen LogP contribution in [-0.4, -0.2) is 13.8 Å². The summed E-state index contributed by atoms with van der Waals surface area (Å²) in [4.78, 5) is 8.00. The molecular formula is C25H37F2NO2. The van der Waals surface area contributed by atoms with Crippen LogP contribution in [0.25, 0.3) is 0 Å². The summed E-state index contributed by atoms with van der Waals surface area (Å²) in [6.45, 7) is 15.9. The molecule has 0 bridgehead atoms. The van der Waals surface area contributed by atoms with Crippen LogP contribution >= 0.6 is 0 Å². The van der Waals surface area contributed by atoms with Crippen LogP contribution < -0.4 is 10.1 Å². The first-order chi connectivity index (χ1) is 13.9. The fourth-order valence-electron chi connectivity index (χ4n) is 2.64. The Morgan fingerprint density at radius 1 is 1.00 bits per heavy atom. The average Bonchev–Trinajstić information content (AvgIpc) is 2.67. The van der Waals surface area contributed by atoms with E-state index in [2.05, 4.69) is 33.0 Å². The number of anilines is 1. The molecule has 0 aromatic heterocycles. The lowest BCUT2D eigenvalue weighted by atomic mass is 9.94. The molecule has 2 rings (SSSR count). The number of hydrogen-bond donors (Lipinski definition) is 1. The zero-order chi connectivity index (χ0) is 23.5. The van der Waals surface area contributed by atoms with Crippen molar-refractivity contribution in [2.24, 2.45) is 5.41 Å². The monoisotopic (exact) mass is 421 g/mol. The van der Waals surface area contributed by atoms with Gasteiger partial charge in [0, 0.05) is 25.2 Å². The van der Waals surface area contributed by atoms with Crippen LogP contribution in [0.4, 0.5) is 14.5 Å². The van der Waals surface area contributed by atoms with Crippen LogP contribution in [-0.2, 0) is 17.3 Å². The lowest BCUT2D eigenvalue weighted by Gasteiger charge is -2.17. The molecule has 2 aromatic carbocycles. The average molecular weight is 422 g/mol. The van der Waals surface area contributed by atoms with Gasteiger partial charge < -0.3 is 14.8 Å². The minimum atomic E-state index is -2.87. The highest BCUT2D eigenvalue weighted by atomic mass is 19.3. The van der Waals surface area contributed by atoms with Gasteiger partial charge in [-0.05, 0) is 48.1 Å². The summed E-state index contributed by atoms with van der Waals surface area (Å²) in [5, 5.41) is 3.14. The molecule has 0 aliphatic carbocycles. The Balaban J connectivity index is 0.000000905. The van der Waals surface area contributed by atoms with Gasteiger partial charge in [-0.1, -0.05) is 58.4 Å². The summed E-state index contributed by atoms with van der Waals surface area (Å²) in [5.41, 5.74) is 4.24. The Hall–Kier alpha value is -2.43. The molecule has 0 heterocycles. The van der Waals surface area contributed by atoms with Crippen molar-refractivity contribution in [1.82, 2.24) is 0 Å². The van der Waals surface area contributed by atoms with Crippen molar-refractivity contribution in [3.8, 4) is 5.75 Å². The van der Waals surface area contributed by atoms with E-state index < -0.39 is 5.92 Å². The molecule has 0 unspecified atom stereocenters. The fourth-order valence-corrected chi connectivity index (χ4v) is 2.64. The topological polar surface area (TPSA) is 38.3 Å². The van der Waals surface area contributed by atoms with E-state index in [-0.39, 0.29) is 12.2 Å². The van der Waals surface area contributed by atoms with Gasteiger partial charge in [0.25, 0.3) is 5.92 Å². The Morgan fingerprint density at radius 3 is 1.87 bits per heavy atom. The van der Waals surface area contributed by atoms with Gasteiger partial charge in [-0.3, -0.25) is 0 Å². The molecule has 1 N–H and O–H groups in total. The number of carbonyl (C=O) groups excluding carboxylic acids is 1. The van der Waals surface area contributed by atoms with E-state index in [4.69, 9.17) is 9.53 Å². The first-order valence-corrected chi connectivity index (χ1v) is 10.1. The summed E-state index contributed by atoms with van der Waals surface area (Å²) < 4.78 is 32.9. The lowest BCUT2D eigenvalue weighted by Crippen LogP contribution is -2.12. The second kappa shape index (κ2) is 12.3.